The second-order valence-electron chi connectivity index (χ2n) is 5.12. The normalized spacial score (nSPS) is 11.7. The van der Waals surface area contributed by atoms with Crippen LogP contribution in [0.1, 0.15) is 41.7 Å². The van der Waals surface area contributed by atoms with Gasteiger partial charge in [0, 0.05) is 5.02 Å². The van der Waals surface area contributed by atoms with Gasteiger partial charge in [0.25, 0.3) is 0 Å². The van der Waals surface area contributed by atoms with Crippen LogP contribution in [0.5, 0.6) is 0 Å². The first-order chi connectivity index (χ1) is 7.62. The molecule has 0 radical (unpaired) electrons. The molecule has 0 aliphatic heterocycles. The quantitative estimate of drug-likeness (QED) is 0.868. The van der Waals surface area contributed by atoms with E-state index in [9.17, 15) is 9.90 Å². The Morgan fingerprint density at radius 3 is 1.88 bits per heavy atom. The Labute approximate surface area is 108 Å². The number of halogens is 1. The molecule has 0 bridgehead atoms. The summed E-state index contributed by atoms with van der Waals surface area (Å²) in [7, 11) is 0. The zero-order valence-electron chi connectivity index (χ0n) is 11.2. The second kappa shape index (κ2) is 4.34. The number of hydrogen-bond donors (Lipinski definition) is 1. The minimum Gasteiger partial charge on any atom is -0.481 e. The van der Waals surface area contributed by atoms with E-state index in [0.717, 1.165) is 27.8 Å². The zero-order valence-corrected chi connectivity index (χ0v) is 12.0. The smallest absolute Gasteiger partial charge is 0.313 e. The Morgan fingerprint density at radius 2 is 1.47 bits per heavy atom. The summed E-state index contributed by atoms with van der Waals surface area (Å²) in [4.78, 5) is 11.4. The van der Waals surface area contributed by atoms with Crippen LogP contribution in [0.3, 0.4) is 0 Å². The number of carboxylic acids is 1. The molecular formula is C14H19ClO2. The minimum absolute atomic E-state index is 0.678. The predicted molar refractivity (Wildman–Crippen MR) is 71.1 cm³/mol. The van der Waals surface area contributed by atoms with Crippen molar-refractivity contribution in [3.05, 3.63) is 32.8 Å². The fourth-order valence-electron chi connectivity index (χ4n) is 2.35. The lowest BCUT2D eigenvalue weighted by Gasteiger charge is -2.27. The van der Waals surface area contributed by atoms with Gasteiger partial charge in [-0.25, -0.2) is 0 Å². The van der Waals surface area contributed by atoms with E-state index in [1.807, 2.05) is 27.7 Å². The third kappa shape index (κ3) is 2.06. The van der Waals surface area contributed by atoms with Crippen LogP contribution in [0.2, 0.25) is 5.02 Å². The van der Waals surface area contributed by atoms with Gasteiger partial charge >= 0.3 is 5.97 Å². The van der Waals surface area contributed by atoms with E-state index < -0.39 is 11.4 Å². The van der Waals surface area contributed by atoms with Crippen LogP contribution < -0.4 is 0 Å². The molecule has 1 aromatic rings. The van der Waals surface area contributed by atoms with E-state index in [1.165, 1.54) is 0 Å². The van der Waals surface area contributed by atoms with Crippen molar-refractivity contribution in [1.29, 1.82) is 0 Å². The van der Waals surface area contributed by atoms with E-state index in [4.69, 9.17) is 11.6 Å². The van der Waals surface area contributed by atoms with Gasteiger partial charge in [-0.2, -0.15) is 0 Å². The van der Waals surface area contributed by atoms with E-state index in [1.54, 1.807) is 13.8 Å². The summed E-state index contributed by atoms with van der Waals surface area (Å²) in [6.45, 7) is 11.2. The van der Waals surface area contributed by atoms with Crippen molar-refractivity contribution >= 4 is 17.6 Å². The van der Waals surface area contributed by atoms with Crippen LogP contribution in [0.4, 0.5) is 0 Å². The molecule has 0 amide bonds. The number of benzene rings is 1. The van der Waals surface area contributed by atoms with Crippen LogP contribution >= 0.6 is 11.6 Å². The molecule has 0 aliphatic carbocycles. The van der Waals surface area contributed by atoms with Gasteiger partial charge in [-0.05, 0) is 69.4 Å². The molecule has 2 nitrogen and oxygen atoms in total. The molecule has 0 saturated carbocycles. The highest BCUT2D eigenvalue weighted by Gasteiger charge is 2.34. The zero-order chi connectivity index (χ0) is 13.5. The van der Waals surface area contributed by atoms with E-state index in [0.29, 0.717) is 5.02 Å². The molecule has 0 spiro atoms. The number of carboxylic acid groups (broad SMARTS) is 1. The van der Waals surface area contributed by atoms with Crippen LogP contribution in [0.15, 0.2) is 0 Å². The predicted octanol–water partition coefficient (Wildman–Crippen LogP) is 3.94. The van der Waals surface area contributed by atoms with Crippen LogP contribution in [-0.2, 0) is 10.2 Å². The molecule has 94 valence electrons. The standard InChI is InChI=1S/C14H19ClO2/c1-7-8(2)11(14(5,6)13(16)17)10(4)12(15)9(7)3/h1-6H3,(H,16,17). The monoisotopic (exact) mass is 254 g/mol. The maximum absolute atomic E-state index is 11.4. The number of hydrogen-bond acceptors (Lipinski definition) is 1. The lowest BCUT2D eigenvalue weighted by Crippen LogP contribution is -2.31. The minimum atomic E-state index is -0.920. The first-order valence-electron chi connectivity index (χ1n) is 5.62. The highest BCUT2D eigenvalue weighted by molar-refractivity contribution is 6.32. The fourth-order valence-corrected chi connectivity index (χ4v) is 2.59. The van der Waals surface area contributed by atoms with Crippen molar-refractivity contribution < 1.29 is 9.90 Å². The molecule has 0 atom stereocenters. The van der Waals surface area contributed by atoms with Crippen molar-refractivity contribution in [1.82, 2.24) is 0 Å². The van der Waals surface area contributed by atoms with E-state index >= 15 is 0 Å². The first kappa shape index (κ1) is 14.0. The molecule has 0 aliphatic rings. The summed E-state index contributed by atoms with van der Waals surface area (Å²) in [5.41, 5.74) is 3.92. The van der Waals surface area contributed by atoms with Gasteiger partial charge in [-0.1, -0.05) is 11.6 Å². The molecule has 1 aromatic carbocycles. The lowest BCUT2D eigenvalue weighted by atomic mass is 9.77. The van der Waals surface area contributed by atoms with Gasteiger partial charge < -0.3 is 5.11 Å². The third-order valence-electron chi connectivity index (χ3n) is 3.69. The topological polar surface area (TPSA) is 37.3 Å². The molecule has 0 aromatic heterocycles. The summed E-state index contributed by atoms with van der Waals surface area (Å²) in [6, 6.07) is 0. The maximum Gasteiger partial charge on any atom is 0.313 e. The summed E-state index contributed by atoms with van der Waals surface area (Å²) in [5, 5.41) is 10.0. The average molecular weight is 255 g/mol. The molecule has 1 rings (SSSR count). The molecule has 0 saturated heterocycles. The van der Waals surface area contributed by atoms with Crippen molar-refractivity contribution in [2.45, 2.75) is 47.0 Å². The Bertz CT molecular complexity index is 458. The molecule has 0 unspecified atom stereocenters. The van der Waals surface area contributed by atoms with Crippen molar-refractivity contribution in [2.75, 3.05) is 0 Å². The Balaban J connectivity index is 3.72. The summed E-state index contributed by atoms with van der Waals surface area (Å²) < 4.78 is 0. The van der Waals surface area contributed by atoms with Gasteiger partial charge in [-0.3, -0.25) is 4.79 Å². The van der Waals surface area contributed by atoms with Gasteiger partial charge in [0.2, 0.25) is 0 Å². The number of aliphatic carboxylic acids is 1. The van der Waals surface area contributed by atoms with E-state index in [2.05, 4.69) is 0 Å². The highest BCUT2D eigenvalue weighted by atomic mass is 35.5. The highest BCUT2D eigenvalue weighted by Crippen LogP contribution is 2.37. The number of rotatable bonds is 2. The van der Waals surface area contributed by atoms with Crippen molar-refractivity contribution in [3.63, 3.8) is 0 Å². The Hall–Kier alpha value is -1.02. The Morgan fingerprint density at radius 1 is 1.00 bits per heavy atom. The van der Waals surface area contributed by atoms with E-state index in [-0.39, 0.29) is 0 Å². The van der Waals surface area contributed by atoms with Gasteiger partial charge in [0.1, 0.15) is 0 Å². The summed E-state index contributed by atoms with van der Waals surface area (Å²) in [6.07, 6.45) is 0. The second-order valence-corrected chi connectivity index (χ2v) is 5.50. The van der Waals surface area contributed by atoms with Gasteiger partial charge in [0.05, 0.1) is 5.41 Å². The molecule has 17 heavy (non-hydrogen) atoms. The van der Waals surface area contributed by atoms with Crippen LogP contribution in [0, 0.1) is 27.7 Å². The number of carbonyl (C=O) groups is 1. The molecule has 3 heteroatoms. The molecule has 0 heterocycles. The lowest BCUT2D eigenvalue weighted by molar-refractivity contribution is -0.142. The molecule has 1 N–H and O–H groups in total. The SMILES string of the molecule is Cc1c(C)c(Cl)c(C)c(C(C)(C)C(=O)O)c1C. The Kier molecular flexibility index (Phi) is 3.58. The van der Waals surface area contributed by atoms with Crippen molar-refractivity contribution in [2.24, 2.45) is 0 Å². The van der Waals surface area contributed by atoms with Crippen LogP contribution in [0.25, 0.3) is 0 Å². The largest absolute Gasteiger partial charge is 0.481 e. The summed E-state index contributed by atoms with van der Waals surface area (Å²) in [5.74, 6) is -0.831. The van der Waals surface area contributed by atoms with Crippen LogP contribution in [-0.4, -0.2) is 11.1 Å². The van der Waals surface area contributed by atoms with Crippen molar-refractivity contribution in [3.8, 4) is 0 Å². The third-order valence-corrected chi connectivity index (χ3v) is 4.26. The van der Waals surface area contributed by atoms with Gasteiger partial charge in [0.15, 0.2) is 0 Å². The molecular weight excluding hydrogens is 236 g/mol. The average Bonchev–Trinajstić information content (AvgIpc) is 2.23. The van der Waals surface area contributed by atoms with Gasteiger partial charge in [-0.15, -0.1) is 0 Å². The first-order valence-corrected chi connectivity index (χ1v) is 5.99. The fraction of sp³-hybridized carbons (Fsp3) is 0.500. The maximum atomic E-state index is 11.4. The summed E-state index contributed by atoms with van der Waals surface area (Å²) >= 11 is 6.28. The molecule has 0 fully saturated rings.